The fourth-order valence-electron chi connectivity index (χ4n) is 1.31. The fraction of sp³-hybridized carbons (Fsp3) is 0.300. The molecule has 0 saturated carbocycles. The first-order chi connectivity index (χ1) is 8.36. The number of anilines is 1. The van der Waals surface area contributed by atoms with E-state index in [0.717, 1.165) is 12.1 Å². The summed E-state index contributed by atoms with van der Waals surface area (Å²) in [6.07, 6.45) is 0. The molecular formula is C10H11ClN2O5. The molecule has 0 fully saturated rings. The monoisotopic (exact) mass is 274 g/mol. The molecule has 1 unspecified atom stereocenters. The Labute approximate surface area is 107 Å². The smallest absolute Gasteiger partial charge is 0.338 e. The summed E-state index contributed by atoms with van der Waals surface area (Å²) in [4.78, 5) is 20.9. The number of aliphatic hydroxyl groups is 1. The highest BCUT2D eigenvalue weighted by atomic mass is 35.5. The first-order valence-corrected chi connectivity index (χ1v) is 5.33. The lowest BCUT2D eigenvalue weighted by molar-refractivity contribution is -0.384. The molecule has 0 aliphatic carbocycles. The topological polar surface area (TPSA) is 113 Å². The molecule has 0 aliphatic rings. The molecule has 8 heteroatoms. The lowest BCUT2D eigenvalue weighted by Crippen LogP contribution is -2.21. The van der Waals surface area contributed by atoms with Crippen LogP contribution in [0.4, 0.5) is 11.4 Å². The predicted molar refractivity (Wildman–Crippen MR) is 65.2 cm³/mol. The largest absolute Gasteiger partial charge is 0.478 e. The lowest BCUT2D eigenvalue weighted by atomic mass is 10.1. The normalized spacial score (nSPS) is 11.9. The van der Waals surface area contributed by atoms with Crippen molar-refractivity contribution in [1.82, 2.24) is 0 Å². The Bertz CT molecular complexity index is 491. The average molecular weight is 275 g/mol. The van der Waals surface area contributed by atoms with E-state index in [1.165, 1.54) is 0 Å². The van der Waals surface area contributed by atoms with Crippen LogP contribution in [0.5, 0.6) is 0 Å². The molecule has 1 atom stereocenters. The predicted octanol–water partition coefficient (Wildman–Crippen LogP) is 1.74. The molecule has 18 heavy (non-hydrogen) atoms. The van der Waals surface area contributed by atoms with Crippen LogP contribution in [0.15, 0.2) is 12.1 Å². The van der Waals surface area contributed by atoms with Crippen molar-refractivity contribution in [3.63, 3.8) is 0 Å². The van der Waals surface area contributed by atoms with Gasteiger partial charge in [0.2, 0.25) is 0 Å². The number of benzene rings is 1. The van der Waals surface area contributed by atoms with Crippen LogP contribution in [0.2, 0.25) is 5.02 Å². The second-order valence-electron chi connectivity index (χ2n) is 3.64. The van der Waals surface area contributed by atoms with Gasteiger partial charge >= 0.3 is 5.97 Å². The van der Waals surface area contributed by atoms with Crippen molar-refractivity contribution >= 4 is 28.9 Å². The number of non-ortho nitro benzene ring substituents is 1. The molecular weight excluding hydrogens is 264 g/mol. The number of aliphatic hydroxyl groups excluding tert-OH is 1. The second-order valence-corrected chi connectivity index (χ2v) is 4.05. The van der Waals surface area contributed by atoms with E-state index in [9.17, 15) is 14.9 Å². The molecule has 0 aromatic heterocycles. The van der Waals surface area contributed by atoms with Gasteiger partial charge in [0, 0.05) is 18.2 Å². The van der Waals surface area contributed by atoms with Gasteiger partial charge in [-0.25, -0.2) is 4.79 Å². The van der Waals surface area contributed by atoms with Crippen molar-refractivity contribution in [3.8, 4) is 0 Å². The quantitative estimate of drug-likeness (QED) is 0.557. The average Bonchev–Trinajstić information content (AvgIpc) is 2.30. The number of hydrogen-bond donors (Lipinski definition) is 3. The van der Waals surface area contributed by atoms with Crippen LogP contribution in [0.25, 0.3) is 0 Å². The molecule has 0 amide bonds. The van der Waals surface area contributed by atoms with E-state index in [1.807, 2.05) is 0 Å². The lowest BCUT2D eigenvalue weighted by Gasteiger charge is -2.15. The maximum Gasteiger partial charge on any atom is 0.338 e. The minimum atomic E-state index is -1.34. The van der Waals surface area contributed by atoms with Gasteiger partial charge in [-0.15, -0.1) is 0 Å². The molecule has 0 radical (unpaired) electrons. The zero-order chi connectivity index (χ0) is 13.9. The summed E-state index contributed by atoms with van der Waals surface area (Å²) in [6.45, 7) is 1.38. The maximum absolute atomic E-state index is 11.0. The van der Waals surface area contributed by atoms with Crippen molar-refractivity contribution in [3.05, 3.63) is 32.8 Å². The number of rotatable bonds is 5. The van der Waals surface area contributed by atoms with Crippen molar-refractivity contribution in [2.75, 3.05) is 11.9 Å². The number of nitrogens with zero attached hydrogens (tertiary/aromatic N) is 1. The minimum Gasteiger partial charge on any atom is -0.478 e. The fourth-order valence-corrected chi connectivity index (χ4v) is 1.57. The second kappa shape index (κ2) is 5.65. The Kier molecular flexibility index (Phi) is 4.46. The van der Waals surface area contributed by atoms with Crippen LogP contribution in [0.1, 0.15) is 17.3 Å². The van der Waals surface area contributed by atoms with E-state index in [0.29, 0.717) is 0 Å². The zero-order valence-electron chi connectivity index (χ0n) is 9.38. The van der Waals surface area contributed by atoms with Crippen molar-refractivity contribution < 1.29 is 19.9 Å². The van der Waals surface area contributed by atoms with Crippen LogP contribution in [0, 0.1) is 10.1 Å². The van der Waals surface area contributed by atoms with E-state index in [1.54, 1.807) is 6.92 Å². The number of nitro benzene ring substituents is 1. The third kappa shape index (κ3) is 3.08. The van der Waals surface area contributed by atoms with Gasteiger partial charge in [0.1, 0.15) is 0 Å². The number of nitro groups is 1. The van der Waals surface area contributed by atoms with Gasteiger partial charge in [0.05, 0.1) is 27.8 Å². The van der Waals surface area contributed by atoms with Crippen molar-refractivity contribution in [1.29, 1.82) is 0 Å². The molecule has 1 aromatic carbocycles. The zero-order valence-corrected chi connectivity index (χ0v) is 10.1. The highest BCUT2D eigenvalue weighted by Gasteiger charge is 2.20. The summed E-state index contributed by atoms with van der Waals surface area (Å²) in [5, 5.41) is 31.1. The van der Waals surface area contributed by atoms with Gasteiger partial charge in [-0.1, -0.05) is 11.6 Å². The van der Waals surface area contributed by atoms with Gasteiger partial charge < -0.3 is 15.5 Å². The summed E-state index contributed by atoms with van der Waals surface area (Å²) in [5.41, 5.74) is -0.662. The van der Waals surface area contributed by atoms with Gasteiger partial charge in [-0.2, -0.15) is 0 Å². The standard InChI is InChI=1S/C10H11ClN2O5/c1-5(4-14)12-9-7(10(15)16)2-6(13(17)18)3-8(9)11/h2-3,5,12,14H,4H2,1H3,(H,15,16). The highest BCUT2D eigenvalue weighted by Crippen LogP contribution is 2.31. The van der Waals surface area contributed by atoms with E-state index < -0.39 is 22.6 Å². The van der Waals surface area contributed by atoms with Crippen molar-refractivity contribution in [2.45, 2.75) is 13.0 Å². The number of aromatic carboxylic acids is 1. The van der Waals surface area contributed by atoms with E-state index in [-0.39, 0.29) is 22.9 Å². The van der Waals surface area contributed by atoms with Crippen LogP contribution in [0.3, 0.4) is 0 Å². The molecule has 0 spiro atoms. The number of hydrogen-bond acceptors (Lipinski definition) is 5. The molecule has 0 heterocycles. The Hall–Kier alpha value is -1.86. The van der Waals surface area contributed by atoms with E-state index in [2.05, 4.69) is 5.32 Å². The van der Waals surface area contributed by atoms with Crippen LogP contribution in [-0.4, -0.2) is 33.8 Å². The summed E-state index contributed by atoms with van der Waals surface area (Å²) in [5.74, 6) is -1.34. The van der Waals surface area contributed by atoms with Crippen molar-refractivity contribution in [2.24, 2.45) is 0 Å². The number of carbonyl (C=O) groups is 1. The molecule has 3 N–H and O–H groups in total. The Morgan fingerprint density at radius 2 is 2.22 bits per heavy atom. The Morgan fingerprint density at radius 3 is 2.67 bits per heavy atom. The number of nitrogens with one attached hydrogen (secondary N) is 1. The third-order valence-electron chi connectivity index (χ3n) is 2.18. The van der Waals surface area contributed by atoms with Crippen LogP contribution < -0.4 is 5.32 Å². The molecule has 0 bridgehead atoms. The summed E-state index contributed by atoms with van der Waals surface area (Å²) >= 11 is 5.81. The molecule has 0 aliphatic heterocycles. The SMILES string of the molecule is CC(CO)Nc1c(Cl)cc([N+](=O)[O-])cc1C(=O)O. The summed E-state index contributed by atoms with van der Waals surface area (Å²) in [7, 11) is 0. The van der Waals surface area contributed by atoms with E-state index >= 15 is 0 Å². The Balaban J connectivity index is 3.31. The van der Waals surface area contributed by atoms with Gasteiger partial charge in [-0.3, -0.25) is 10.1 Å². The third-order valence-corrected chi connectivity index (χ3v) is 2.48. The van der Waals surface area contributed by atoms with Gasteiger partial charge in [0.15, 0.2) is 0 Å². The Morgan fingerprint density at radius 1 is 1.61 bits per heavy atom. The molecule has 1 rings (SSSR count). The summed E-state index contributed by atoms with van der Waals surface area (Å²) < 4.78 is 0. The molecule has 7 nitrogen and oxygen atoms in total. The number of halogens is 1. The highest BCUT2D eigenvalue weighted by molar-refractivity contribution is 6.34. The van der Waals surface area contributed by atoms with Gasteiger partial charge in [-0.05, 0) is 6.92 Å². The summed E-state index contributed by atoms with van der Waals surface area (Å²) in [6, 6.07) is 1.54. The van der Waals surface area contributed by atoms with Crippen LogP contribution >= 0.6 is 11.6 Å². The first kappa shape index (κ1) is 14.2. The molecule has 1 aromatic rings. The number of carboxylic acids is 1. The molecule has 98 valence electrons. The maximum atomic E-state index is 11.0. The minimum absolute atomic E-state index is 0.0521. The first-order valence-electron chi connectivity index (χ1n) is 4.95. The van der Waals surface area contributed by atoms with Crippen LogP contribution in [-0.2, 0) is 0 Å². The van der Waals surface area contributed by atoms with Gasteiger partial charge in [0.25, 0.3) is 5.69 Å². The van der Waals surface area contributed by atoms with E-state index in [4.69, 9.17) is 21.8 Å². The molecule has 0 saturated heterocycles. The number of carboxylic acid groups (broad SMARTS) is 1.